The molecule has 0 radical (unpaired) electrons. The van der Waals surface area contributed by atoms with Crippen molar-refractivity contribution < 1.29 is 66.2 Å². The van der Waals surface area contributed by atoms with Crippen LogP contribution in [-0.4, -0.2) is 39.0 Å². The molecule has 0 spiro atoms. The number of hydrogen-bond donors (Lipinski definition) is 2. The zero-order chi connectivity index (χ0) is 18.8. The van der Waals surface area contributed by atoms with Gasteiger partial charge in [-0.25, -0.2) is 26.4 Å². The van der Waals surface area contributed by atoms with Crippen molar-refractivity contribution in [3.05, 3.63) is 63.8 Å². The van der Waals surface area contributed by atoms with Gasteiger partial charge < -0.3 is 14.3 Å². The molecule has 0 bridgehead atoms. The van der Waals surface area contributed by atoms with Crippen molar-refractivity contribution in [1.82, 2.24) is 0 Å². The summed E-state index contributed by atoms with van der Waals surface area (Å²) in [4.78, 5) is 20.6. The van der Waals surface area contributed by atoms with Crippen LogP contribution in [0.1, 0.15) is 20.7 Å². The van der Waals surface area contributed by atoms with Gasteiger partial charge in [-0.3, -0.25) is 0 Å². The molecule has 0 aliphatic rings. The van der Waals surface area contributed by atoms with Gasteiger partial charge in [0, 0.05) is 0 Å². The molecule has 0 heterocycles. The fourth-order valence-corrected chi connectivity index (χ4v) is 4.99. The molecule has 0 unspecified atom stereocenters. The van der Waals surface area contributed by atoms with Gasteiger partial charge >= 0.3 is 41.5 Å². The van der Waals surface area contributed by atoms with Crippen molar-refractivity contribution in [2.75, 3.05) is 0 Å². The number of aromatic carboxylic acids is 2. The van der Waals surface area contributed by atoms with E-state index in [1.54, 1.807) is 0 Å². The van der Waals surface area contributed by atoms with Crippen LogP contribution in [0.25, 0.3) is 4.13 Å². The Kier molecular flexibility index (Phi) is 9.12. The number of nitrogens with zero attached hydrogens (tertiary/aromatic N) is 1. The largest absolute Gasteiger partial charge is 1.00 e. The second-order valence-electron chi connectivity index (χ2n) is 4.63. The minimum atomic E-state index is -4.92. The minimum absolute atomic E-state index is 0. The van der Waals surface area contributed by atoms with E-state index in [0.29, 0.717) is 0 Å². The van der Waals surface area contributed by atoms with Gasteiger partial charge in [0.15, 0.2) is 0 Å². The second kappa shape index (κ2) is 9.64. The number of carbonyl (C=O) groups is 2. The molecule has 0 atom stereocenters. The van der Waals surface area contributed by atoms with Gasteiger partial charge in [-0.05, 0) is 24.3 Å². The van der Waals surface area contributed by atoms with Crippen molar-refractivity contribution in [3.63, 3.8) is 0 Å². The monoisotopic (exact) mass is 443 g/mol. The number of sulfonamides is 2. The molecule has 27 heavy (non-hydrogen) atoms. The smallest absolute Gasteiger partial charge is 0.478 e. The summed E-state index contributed by atoms with van der Waals surface area (Å²) in [5.41, 5.74) is -1.32. The third-order valence-electron chi connectivity index (χ3n) is 2.99. The van der Waals surface area contributed by atoms with Crippen molar-refractivity contribution in [3.8, 4) is 0 Å². The van der Waals surface area contributed by atoms with Crippen molar-refractivity contribution >= 4 is 44.4 Å². The Hall–Kier alpha value is -1.47. The summed E-state index contributed by atoms with van der Waals surface area (Å²) in [5, 5.41) is 18.1. The Labute approximate surface area is 183 Å². The molecule has 0 amide bonds. The summed E-state index contributed by atoms with van der Waals surface area (Å²) < 4.78 is 51.9. The maximum atomic E-state index is 12.3. The van der Waals surface area contributed by atoms with E-state index < -0.39 is 52.9 Å². The van der Waals surface area contributed by atoms with Gasteiger partial charge in [-0.15, -0.1) is 12.4 Å². The van der Waals surface area contributed by atoms with Gasteiger partial charge in [0.05, 0.1) is 20.9 Å². The topological polar surface area (TPSA) is 157 Å². The zero-order valence-electron chi connectivity index (χ0n) is 13.6. The van der Waals surface area contributed by atoms with Gasteiger partial charge in [-0.1, -0.05) is 24.3 Å². The van der Waals surface area contributed by atoms with Crippen molar-refractivity contribution in [2.45, 2.75) is 9.79 Å². The molecule has 2 aromatic rings. The summed E-state index contributed by atoms with van der Waals surface area (Å²) in [6.45, 7) is 0. The number of carboxylic acids is 2. The van der Waals surface area contributed by atoms with E-state index in [1.807, 2.05) is 0 Å². The van der Waals surface area contributed by atoms with Crippen LogP contribution >= 0.6 is 12.4 Å². The summed E-state index contributed by atoms with van der Waals surface area (Å²) in [6, 6.07) is 8.65. The first-order valence-corrected chi connectivity index (χ1v) is 9.33. The minimum Gasteiger partial charge on any atom is -0.478 e. The number of hydrogen-bond acceptors (Lipinski definition) is 6. The molecule has 0 aromatic heterocycles. The Balaban J connectivity index is 0.00000338. The van der Waals surface area contributed by atoms with E-state index in [4.69, 9.17) is 10.2 Å². The molecule has 0 saturated heterocycles. The molecule has 0 saturated carbocycles. The number of benzene rings is 2. The molecular weight excluding hydrogens is 433 g/mol. The summed E-state index contributed by atoms with van der Waals surface area (Å²) in [7, 11) is -9.84. The van der Waals surface area contributed by atoms with Crippen LogP contribution in [0, 0.1) is 0 Å². The second-order valence-corrected chi connectivity index (χ2v) is 8.00. The Morgan fingerprint density at radius 2 is 1.00 bits per heavy atom. The fourth-order valence-electron chi connectivity index (χ4n) is 1.95. The summed E-state index contributed by atoms with van der Waals surface area (Å²) >= 11 is 0. The Bertz CT molecular complexity index is 985. The van der Waals surface area contributed by atoms with E-state index >= 15 is 0 Å². The molecule has 2 N–H and O–H groups in total. The third kappa shape index (κ3) is 5.75. The first-order chi connectivity index (χ1) is 11.6. The van der Waals surface area contributed by atoms with Crippen LogP contribution in [0.2, 0.25) is 0 Å². The number of rotatable bonds is 6. The van der Waals surface area contributed by atoms with Gasteiger partial charge in [-0.2, -0.15) is 0 Å². The normalized spacial score (nSPS) is 11.0. The van der Waals surface area contributed by atoms with Gasteiger partial charge in [0.2, 0.25) is 0 Å². The predicted molar refractivity (Wildman–Crippen MR) is 91.8 cm³/mol. The van der Waals surface area contributed by atoms with Crippen LogP contribution in [0.15, 0.2) is 58.3 Å². The average Bonchev–Trinajstić information content (AvgIpc) is 2.54. The van der Waals surface area contributed by atoms with Gasteiger partial charge in [0.1, 0.15) is 20.0 Å². The summed E-state index contributed by atoms with van der Waals surface area (Å²) in [5.74, 6) is -3.17. The maximum absolute atomic E-state index is 12.3. The fraction of sp³-hybridized carbons (Fsp3) is 0. The molecule has 140 valence electrons. The Morgan fingerprint density at radius 1 is 0.704 bits per heavy atom. The molecular formula is C14H11ClNNaO8S2. The van der Waals surface area contributed by atoms with Crippen molar-refractivity contribution in [2.24, 2.45) is 0 Å². The van der Waals surface area contributed by atoms with Crippen LogP contribution in [0.5, 0.6) is 0 Å². The van der Waals surface area contributed by atoms with E-state index in [-0.39, 0.29) is 42.0 Å². The molecule has 13 heteroatoms. The molecule has 2 aromatic carbocycles. The number of carboxylic acid groups (broad SMARTS) is 2. The molecule has 2 rings (SSSR count). The van der Waals surface area contributed by atoms with E-state index in [1.165, 1.54) is 24.3 Å². The van der Waals surface area contributed by atoms with E-state index in [2.05, 4.69) is 4.13 Å². The molecule has 9 nitrogen and oxygen atoms in total. The molecule has 0 aliphatic heterocycles. The van der Waals surface area contributed by atoms with Crippen LogP contribution in [0.4, 0.5) is 0 Å². The van der Waals surface area contributed by atoms with Crippen molar-refractivity contribution in [1.29, 1.82) is 0 Å². The first-order valence-electron chi connectivity index (χ1n) is 6.45. The molecule has 0 fully saturated rings. The van der Waals surface area contributed by atoms with Gasteiger partial charge in [0.25, 0.3) is 0 Å². The zero-order valence-corrected chi connectivity index (χ0v) is 18.1. The average molecular weight is 444 g/mol. The Morgan fingerprint density at radius 3 is 1.30 bits per heavy atom. The van der Waals surface area contributed by atoms with Crippen LogP contribution < -0.4 is 29.6 Å². The first kappa shape index (κ1) is 25.5. The predicted octanol–water partition coefficient (Wildman–Crippen LogP) is -1.04. The maximum Gasteiger partial charge on any atom is 1.00 e. The molecule has 0 aliphatic carbocycles. The third-order valence-corrected chi connectivity index (χ3v) is 6.38. The van der Waals surface area contributed by atoms with Crippen LogP contribution in [0.3, 0.4) is 0 Å². The van der Waals surface area contributed by atoms with Crippen LogP contribution in [-0.2, 0) is 20.0 Å². The number of halogens is 1. The quantitative estimate of drug-likeness (QED) is 0.536. The standard InChI is InChI=1S/C14H10NO8S2.ClH.Na/c16-13(17)9-5-1-3-7-11(9)24(20,21)15-25(22,23)12-8-4-2-6-10(12)14(18)19;;/h1-8H,(H,16,17)(H,18,19);1H;/q-1;;+1. The van der Waals surface area contributed by atoms with E-state index in [9.17, 15) is 26.4 Å². The summed E-state index contributed by atoms with van der Waals surface area (Å²) in [6.07, 6.45) is 0. The van der Waals surface area contributed by atoms with E-state index in [0.717, 1.165) is 24.3 Å². The SMILES string of the molecule is Cl.O=C(O)c1ccccc1S(=O)(=O)[N-]S(=O)(=O)c1ccccc1C(=O)O.[Na+].